The number of nitrogens with one attached hydrogen (secondary N) is 2. The number of amides is 5. The van der Waals surface area contributed by atoms with Crippen molar-refractivity contribution in [1.29, 1.82) is 5.26 Å². The number of nitrogens with zero attached hydrogens (tertiary/aromatic N) is 5. The summed E-state index contributed by atoms with van der Waals surface area (Å²) in [6.45, 7) is 7.22. The smallest absolute Gasteiger partial charge is 0.242 e. The molecule has 67 heavy (non-hydrogen) atoms. The van der Waals surface area contributed by atoms with E-state index in [2.05, 4.69) is 20.2 Å². The number of hydrogen-bond acceptors (Lipinski definition) is 10. The number of aliphatic hydroxyl groups is 1. The van der Waals surface area contributed by atoms with Gasteiger partial charge in [-0.3, -0.25) is 33.7 Å². The molecule has 1 aliphatic carbocycles. The van der Waals surface area contributed by atoms with Gasteiger partial charge in [-0.1, -0.05) is 77.8 Å². The summed E-state index contributed by atoms with van der Waals surface area (Å²) in [6.07, 6.45) is 22.4. The number of aliphatic imine (C=N–C) groups is 1. The fourth-order valence-electron chi connectivity index (χ4n) is 9.15. The molecule has 2 aliphatic rings. The number of anilines is 1. The summed E-state index contributed by atoms with van der Waals surface area (Å²) >= 11 is 1.39. The van der Waals surface area contributed by atoms with E-state index in [1.165, 1.54) is 16.7 Å². The number of ketones is 1. The third kappa shape index (κ3) is 18.2. The molecule has 1 saturated carbocycles. The molecule has 1 unspecified atom stereocenters. The average molecular weight is 943 g/mol. The largest absolute Gasteiger partial charge is 0.396 e. The molecule has 2 fully saturated rings. The van der Waals surface area contributed by atoms with E-state index in [0.717, 1.165) is 87.5 Å². The normalized spacial score (nSPS) is 16.8. The van der Waals surface area contributed by atoms with E-state index in [-0.39, 0.29) is 77.8 Å². The molecule has 5 amide bonds. The molecule has 15 heteroatoms. The predicted molar refractivity (Wildman–Crippen MR) is 263 cm³/mol. The Morgan fingerprint density at radius 2 is 1.54 bits per heavy atom. The number of carbonyl (C=O) groups is 6. The number of pyridine rings is 1. The maximum absolute atomic E-state index is 13.3. The second kappa shape index (κ2) is 28.4. The number of benzene rings is 1. The van der Waals surface area contributed by atoms with Gasteiger partial charge in [0.25, 0.3) is 0 Å². The SMILES string of the molecule is CSC1CC(=O)N(CCCCCC(=O)N[C@H](C(=O)C[C@@H](C)C(=O)Nc2ccc(C[n+]3ccc(CC(CCCCCCCCC(=O)N(C)CC4(CO)CCCC4)=NC#N)cc3)cc2)C(C)C)C1=O. The maximum atomic E-state index is 13.3. The summed E-state index contributed by atoms with van der Waals surface area (Å²) in [5.74, 6) is -1.60. The summed E-state index contributed by atoms with van der Waals surface area (Å²) in [6, 6.07) is 11.0. The molecular formula is C52H76N7O7S+. The number of aromatic nitrogens is 1. The number of likely N-dealkylation sites (tertiary alicyclic amines) is 1. The van der Waals surface area contributed by atoms with Gasteiger partial charge in [0.15, 0.2) is 24.7 Å². The third-order valence-electron chi connectivity index (χ3n) is 13.3. The second-order valence-corrected chi connectivity index (χ2v) is 20.3. The Kier molecular flexibility index (Phi) is 23.2. The van der Waals surface area contributed by atoms with Gasteiger partial charge in [0, 0.05) is 92.7 Å². The maximum Gasteiger partial charge on any atom is 0.242 e. The van der Waals surface area contributed by atoms with Gasteiger partial charge < -0.3 is 20.6 Å². The van der Waals surface area contributed by atoms with Gasteiger partial charge in [0.1, 0.15) is 0 Å². The first kappa shape index (κ1) is 54.7. The molecule has 0 bridgehead atoms. The van der Waals surface area contributed by atoms with Crippen molar-refractivity contribution in [3.63, 3.8) is 0 Å². The zero-order valence-electron chi connectivity index (χ0n) is 40.7. The van der Waals surface area contributed by atoms with E-state index in [9.17, 15) is 39.1 Å². The van der Waals surface area contributed by atoms with Gasteiger partial charge in [-0.05, 0) is 74.8 Å². The van der Waals surface area contributed by atoms with Gasteiger partial charge in [0.05, 0.1) is 17.9 Å². The Morgan fingerprint density at radius 3 is 2.15 bits per heavy atom. The Morgan fingerprint density at radius 1 is 0.910 bits per heavy atom. The van der Waals surface area contributed by atoms with E-state index in [4.69, 9.17) is 0 Å². The van der Waals surface area contributed by atoms with E-state index in [0.29, 0.717) is 57.4 Å². The fraction of sp³-hybridized carbons (Fsp3) is 0.635. The van der Waals surface area contributed by atoms with E-state index in [1.54, 1.807) is 6.92 Å². The molecule has 0 radical (unpaired) electrons. The van der Waals surface area contributed by atoms with E-state index in [1.807, 2.05) is 87.0 Å². The minimum Gasteiger partial charge on any atom is -0.396 e. The van der Waals surface area contributed by atoms with Crippen molar-refractivity contribution in [2.45, 2.75) is 161 Å². The van der Waals surface area contributed by atoms with Crippen LogP contribution in [0.25, 0.3) is 0 Å². The molecule has 1 aliphatic heterocycles. The van der Waals surface area contributed by atoms with Crippen LogP contribution in [-0.2, 0) is 41.7 Å². The minimum absolute atomic E-state index is 0.0172. The number of rotatable bonds is 30. The predicted octanol–water partition coefficient (Wildman–Crippen LogP) is 7.34. The first-order valence-corrected chi connectivity index (χ1v) is 25.8. The van der Waals surface area contributed by atoms with E-state index < -0.39 is 12.0 Å². The van der Waals surface area contributed by atoms with Crippen LogP contribution in [0.2, 0.25) is 0 Å². The molecule has 3 atom stereocenters. The number of Topliss-reactive ketones (excluding diaryl/α,β-unsaturated/α-hetero) is 1. The Balaban J connectivity index is 1.10. The van der Waals surface area contributed by atoms with Crippen LogP contribution in [0.1, 0.15) is 147 Å². The minimum atomic E-state index is -0.714. The molecule has 14 nitrogen and oxygen atoms in total. The number of thioether (sulfide) groups is 1. The summed E-state index contributed by atoms with van der Waals surface area (Å²) < 4.78 is 2.06. The number of unbranched alkanes of at least 4 members (excludes halogenated alkanes) is 7. The van der Waals surface area contributed by atoms with Crippen LogP contribution in [0.3, 0.4) is 0 Å². The van der Waals surface area contributed by atoms with Crippen LogP contribution >= 0.6 is 11.8 Å². The topological polar surface area (TPSA) is 193 Å². The first-order chi connectivity index (χ1) is 32.2. The number of hydrogen-bond donors (Lipinski definition) is 3. The molecule has 3 N–H and O–H groups in total. The molecule has 1 aromatic carbocycles. The van der Waals surface area contributed by atoms with Gasteiger partial charge in [-0.2, -0.15) is 22.0 Å². The lowest BCUT2D eigenvalue weighted by molar-refractivity contribution is -0.688. The summed E-state index contributed by atoms with van der Waals surface area (Å²) in [5.41, 5.74) is 3.50. The van der Waals surface area contributed by atoms with Crippen molar-refractivity contribution in [2.75, 3.05) is 38.3 Å². The lowest BCUT2D eigenvalue weighted by Gasteiger charge is -2.31. The van der Waals surface area contributed by atoms with Gasteiger partial charge in [-0.15, -0.1) is 0 Å². The van der Waals surface area contributed by atoms with Crippen LogP contribution in [0.4, 0.5) is 5.69 Å². The summed E-state index contributed by atoms with van der Waals surface area (Å²) in [7, 11) is 1.87. The van der Waals surface area contributed by atoms with Crippen LogP contribution < -0.4 is 15.2 Å². The van der Waals surface area contributed by atoms with Crippen molar-refractivity contribution in [2.24, 2.45) is 22.2 Å². The highest BCUT2D eigenvalue weighted by atomic mass is 32.2. The number of nitriles is 1. The molecule has 366 valence electrons. The Hall–Kier alpha value is -4.94. The number of imide groups is 1. The van der Waals surface area contributed by atoms with E-state index >= 15 is 0 Å². The zero-order chi connectivity index (χ0) is 48.8. The monoisotopic (exact) mass is 943 g/mol. The molecular weight excluding hydrogens is 867 g/mol. The standard InChI is InChI=1S/C52H75N7O7S/c1-38(2)49(56-46(62)18-12-10-16-28-59-48(64)33-45(67-5)51(59)66)44(61)31-39(3)50(65)55-42-22-20-41(21-23-42)34-58-29-24-40(25-30-58)32-43(54-37-53)17-11-8-6-7-9-13-19-47(63)57(4)35-52(36-60)26-14-15-27-52/h20-25,29-30,38-39,45,49,60H,6-19,26-28,31-36H2,1-5H3,(H-,55,56,62,65)/p+1/t39-,45?,49+/m1/s1. The number of aliphatic hydroxyl groups excluding tert-OH is 1. The first-order valence-electron chi connectivity index (χ1n) is 24.5. The van der Waals surface area contributed by atoms with Gasteiger partial charge >= 0.3 is 0 Å². The summed E-state index contributed by atoms with van der Waals surface area (Å²) in [4.78, 5) is 83.6. The third-order valence-corrected chi connectivity index (χ3v) is 14.3. The van der Waals surface area contributed by atoms with Gasteiger partial charge in [-0.25, -0.2) is 4.57 Å². The van der Waals surface area contributed by atoms with Crippen LogP contribution in [0.5, 0.6) is 0 Å². The van der Waals surface area contributed by atoms with Crippen molar-refractivity contribution in [1.82, 2.24) is 15.1 Å². The average Bonchev–Trinajstić information content (AvgIpc) is 3.89. The molecule has 2 heterocycles. The highest BCUT2D eigenvalue weighted by Gasteiger charge is 2.38. The lowest BCUT2D eigenvalue weighted by atomic mass is 9.86. The fourth-order valence-corrected chi connectivity index (χ4v) is 9.79. The van der Waals surface area contributed by atoms with Crippen molar-refractivity contribution < 1.29 is 38.4 Å². The molecule has 0 spiro atoms. The van der Waals surface area contributed by atoms with Crippen molar-refractivity contribution >= 4 is 58.5 Å². The highest BCUT2D eigenvalue weighted by Crippen LogP contribution is 2.38. The van der Waals surface area contributed by atoms with Crippen molar-refractivity contribution in [3.05, 3.63) is 59.9 Å². The van der Waals surface area contributed by atoms with Gasteiger partial charge in [0.2, 0.25) is 35.7 Å². The highest BCUT2D eigenvalue weighted by molar-refractivity contribution is 8.00. The second-order valence-electron chi connectivity index (χ2n) is 19.2. The Bertz CT molecular complexity index is 2010. The zero-order valence-corrected chi connectivity index (χ0v) is 41.5. The van der Waals surface area contributed by atoms with Crippen LogP contribution in [0.15, 0.2) is 53.8 Å². The molecule has 2 aromatic rings. The molecule has 4 rings (SSSR count). The van der Waals surface area contributed by atoms with Crippen LogP contribution in [-0.4, -0.2) is 100 Å². The molecule has 1 aromatic heterocycles. The summed E-state index contributed by atoms with van der Waals surface area (Å²) in [5, 5.41) is 24.7. The Labute approximate surface area is 403 Å². The quantitative estimate of drug-likeness (QED) is 0.0236. The van der Waals surface area contributed by atoms with Crippen LogP contribution in [0, 0.1) is 28.7 Å². The van der Waals surface area contributed by atoms with Crippen molar-refractivity contribution in [3.8, 4) is 6.19 Å². The lowest BCUT2D eigenvalue weighted by Crippen LogP contribution is -2.45. The number of carbonyl (C=O) groups excluding carboxylic acids is 6. The molecule has 1 saturated heterocycles.